The first-order valence-corrected chi connectivity index (χ1v) is 8.23. The predicted molar refractivity (Wildman–Crippen MR) is 99.8 cm³/mol. The Morgan fingerprint density at radius 2 is 2.09 bits per heavy atom. The first-order chi connectivity index (χ1) is 10.5. The molecule has 0 aromatic heterocycles. The Balaban J connectivity index is 2.67. The smallest absolute Gasteiger partial charge is 0.00134 e. The summed E-state index contributed by atoms with van der Waals surface area (Å²) in [4.78, 5) is 0. The number of allylic oxidation sites excluding steroid dienone is 11. The molecule has 1 rings (SSSR count). The van der Waals surface area contributed by atoms with E-state index in [-0.39, 0.29) is 0 Å². The van der Waals surface area contributed by atoms with Crippen LogP contribution in [0.25, 0.3) is 0 Å². The molecule has 1 unspecified atom stereocenters. The van der Waals surface area contributed by atoms with Crippen molar-refractivity contribution < 1.29 is 0 Å². The van der Waals surface area contributed by atoms with Crippen molar-refractivity contribution in [3.63, 3.8) is 0 Å². The van der Waals surface area contributed by atoms with E-state index in [0.29, 0.717) is 6.04 Å². The molecule has 0 aromatic carbocycles. The van der Waals surface area contributed by atoms with E-state index in [1.165, 1.54) is 27.9 Å². The lowest BCUT2D eigenvalue weighted by Crippen LogP contribution is -2.13. The summed E-state index contributed by atoms with van der Waals surface area (Å²) in [5, 5.41) is 0. The van der Waals surface area contributed by atoms with Crippen LogP contribution in [0.3, 0.4) is 0 Å². The molecule has 1 nitrogen and oxygen atoms in total. The van der Waals surface area contributed by atoms with Crippen molar-refractivity contribution in [3.05, 3.63) is 70.9 Å². The second-order valence-electron chi connectivity index (χ2n) is 6.23. The van der Waals surface area contributed by atoms with Crippen LogP contribution >= 0.6 is 0 Å². The van der Waals surface area contributed by atoms with Gasteiger partial charge in [-0.05, 0) is 81.2 Å². The van der Waals surface area contributed by atoms with Crippen molar-refractivity contribution in [1.82, 2.24) is 0 Å². The number of rotatable bonds is 7. The summed E-state index contributed by atoms with van der Waals surface area (Å²) in [6.45, 7) is 12.4. The van der Waals surface area contributed by atoms with Crippen molar-refractivity contribution in [2.75, 3.05) is 0 Å². The third kappa shape index (κ3) is 6.03. The lowest BCUT2D eigenvalue weighted by Gasteiger charge is -2.16. The zero-order chi connectivity index (χ0) is 16.5. The van der Waals surface area contributed by atoms with E-state index >= 15 is 0 Å². The molecule has 1 aliphatic rings. The van der Waals surface area contributed by atoms with Crippen LogP contribution < -0.4 is 5.73 Å². The van der Waals surface area contributed by atoms with Gasteiger partial charge >= 0.3 is 0 Å². The molecule has 22 heavy (non-hydrogen) atoms. The molecule has 0 aliphatic heterocycles. The Hall–Kier alpha value is -1.60. The summed E-state index contributed by atoms with van der Waals surface area (Å²) in [5.41, 5.74) is 12.7. The maximum atomic E-state index is 5.76. The second kappa shape index (κ2) is 9.42. The minimum Gasteiger partial charge on any atom is -0.328 e. The molecule has 2 N–H and O–H groups in total. The van der Waals surface area contributed by atoms with E-state index in [0.717, 1.165) is 25.7 Å². The molecule has 0 aromatic rings. The van der Waals surface area contributed by atoms with Crippen LogP contribution in [0, 0.1) is 0 Å². The molecule has 1 aliphatic carbocycles. The molecule has 1 atom stereocenters. The molecular formula is C21H31N. The fraction of sp³-hybridized carbons (Fsp3) is 0.429. The average Bonchev–Trinajstić information content (AvgIpc) is 2.47. The van der Waals surface area contributed by atoms with Gasteiger partial charge in [0.1, 0.15) is 0 Å². The number of hydrogen-bond acceptors (Lipinski definition) is 1. The fourth-order valence-electron chi connectivity index (χ4n) is 2.56. The summed E-state index contributed by atoms with van der Waals surface area (Å²) in [6, 6.07) is 0.294. The van der Waals surface area contributed by atoms with Gasteiger partial charge in [0.25, 0.3) is 0 Å². The van der Waals surface area contributed by atoms with E-state index in [1.807, 2.05) is 6.08 Å². The Bertz CT molecular complexity index is 536. The summed E-state index contributed by atoms with van der Waals surface area (Å²) in [6.07, 6.45) is 17.3. The third-order valence-electron chi connectivity index (χ3n) is 4.20. The molecule has 0 fully saturated rings. The van der Waals surface area contributed by atoms with E-state index < -0.39 is 0 Å². The van der Waals surface area contributed by atoms with Crippen LogP contribution in [0.4, 0.5) is 0 Å². The summed E-state index contributed by atoms with van der Waals surface area (Å²) in [7, 11) is 0. The zero-order valence-corrected chi connectivity index (χ0v) is 14.7. The van der Waals surface area contributed by atoms with Gasteiger partial charge in [-0.15, -0.1) is 0 Å². The number of hydrogen-bond donors (Lipinski definition) is 1. The summed E-state index contributed by atoms with van der Waals surface area (Å²) >= 11 is 0. The predicted octanol–water partition coefficient (Wildman–Crippen LogP) is 5.79. The summed E-state index contributed by atoms with van der Waals surface area (Å²) in [5.74, 6) is 0. The Morgan fingerprint density at radius 3 is 2.68 bits per heavy atom. The minimum atomic E-state index is 0.294. The highest BCUT2D eigenvalue weighted by Gasteiger charge is 2.09. The Labute approximate surface area is 136 Å². The number of nitrogens with two attached hydrogens (primary N) is 1. The maximum Gasteiger partial charge on any atom is 0.00134 e. The highest BCUT2D eigenvalue weighted by molar-refractivity contribution is 5.48. The van der Waals surface area contributed by atoms with Crippen LogP contribution in [-0.4, -0.2) is 6.04 Å². The van der Waals surface area contributed by atoms with Crippen molar-refractivity contribution in [3.8, 4) is 0 Å². The van der Waals surface area contributed by atoms with Crippen LogP contribution in [0.1, 0.15) is 53.4 Å². The maximum absolute atomic E-state index is 5.76. The van der Waals surface area contributed by atoms with Crippen LogP contribution in [0.2, 0.25) is 0 Å². The SMILES string of the molecule is C=C/C=C(C)\C(C)=C1\C=C(C)C(C/C=C\CCC(C)N)=CC1. The van der Waals surface area contributed by atoms with E-state index in [1.54, 1.807) is 0 Å². The van der Waals surface area contributed by atoms with Crippen molar-refractivity contribution in [1.29, 1.82) is 0 Å². The largest absolute Gasteiger partial charge is 0.328 e. The van der Waals surface area contributed by atoms with Gasteiger partial charge in [0.2, 0.25) is 0 Å². The third-order valence-corrected chi connectivity index (χ3v) is 4.20. The van der Waals surface area contributed by atoms with Crippen LogP contribution in [0.5, 0.6) is 0 Å². The second-order valence-corrected chi connectivity index (χ2v) is 6.23. The van der Waals surface area contributed by atoms with Crippen molar-refractivity contribution in [2.45, 2.75) is 59.4 Å². The van der Waals surface area contributed by atoms with Gasteiger partial charge in [0, 0.05) is 6.04 Å². The van der Waals surface area contributed by atoms with Gasteiger partial charge < -0.3 is 5.73 Å². The van der Waals surface area contributed by atoms with Gasteiger partial charge in [-0.1, -0.05) is 43.0 Å². The van der Waals surface area contributed by atoms with E-state index in [4.69, 9.17) is 5.73 Å². The first kappa shape index (κ1) is 18.4. The lowest BCUT2D eigenvalue weighted by molar-refractivity contribution is 0.675. The van der Waals surface area contributed by atoms with Gasteiger partial charge in [0.05, 0.1) is 0 Å². The zero-order valence-electron chi connectivity index (χ0n) is 14.7. The standard InChI is InChI=1S/C21H31N/c1-6-10-16(2)19(5)21-14-13-20(17(3)15-21)12-9-7-8-11-18(4)22/h6-7,9-10,13,15,18H,1,8,11-12,14,22H2,2-5H3/b9-7-,16-10-,21-19+. The Kier molecular flexibility index (Phi) is 7.90. The Morgan fingerprint density at radius 1 is 1.36 bits per heavy atom. The molecule has 0 spiro atoms. The molecule has 0 radical (unpaired) electrons. The van der Waals surface area contributed by atoms with Crippen molar-refractivity contribution in [2.24, 2.45) is 5.73 Å². The normalized spacial score (nSPS) is 19.8. The summed E-state index contributed by atoms with van der Waals surface area (Å²) < 4.78 is 0. The molecule has 120 valence electrons. The first-order valence-electron chi connectivity index (χ1n) is 8.23. The van der Waals surface area contributed by atoms with E-state index in [9.17, 15) is 0 Å². The minimum absolute atomic E-state index is 0.294. The monoisotopic (exact) mass is 297 g/mol. The van der Waals surface area contributed by atoms with Gasteiger partial charge in [-0.2, -0.15) is 0 Å². The fourth-order valence-corrected chi connectivity index (χ4v) is 2.56. The topological polar surface area (TPSA) is 26.0 Å². The lowest BCUT2D eigenvalue weighted by atomic mass is 9.89. The average molecular weight is 297 g/mol. The molecule has 0 bridgehead atoms. The molecule has 0 amide bonds. The molecule has 0 heterocycles. The molecule has 0 saturated heterocycles. The highest BCUT2D eigenvalue weighted by Crippen LogP contribution is 2.28. The van der Waals surface area contributed by atoms with Crippen molar-refractivity contribution >= 4 is 0 Å². The molecule has 0 saturated carbocycles. The van der Waals surface area contributed by atoms with Crippen LogP contribution in [0.15, 0.2) is 70.9 Å². The highest BCUT2D eigenvalue weighted by atomic mass is 14.6. The quantitative estimate of drug-likeness (QED) is 0.467. The van der Waals surface area contributed by atoms with Gasteiger partial charge in [-0.25, -0.2) is 0 Å². The van der Waals surface area contributed by atoms with E-state index in [2.05, 4.69) is 64.7 Å². The molecular weight excluding hydrogens is 266 g/mol. The van der Waals surface area contributed by atoms with Crippen LogP contribution in [-0.2, 0) is 0 Å². The molecule has 1 heteroatoms. The van der Waals surface area contributed by atoms with Gasteiger partial charge in [-0.3, -0.25) is 0 Å². The van der Waals surface area contributed by atoms with Gasteiger partial charge in [0.15, 0.2) is 0 Å².